The number of nitrogens with zero attached hydrogens (tertiary/aromatic N) is 3. The van der Waals surface area contributed by atoms with Gasteiger partial charge in [-0.15, -0.1) is 0 Å². The molecule has 2 aromatic rings. The molecule has 1 N–H and O–H groups in total. The largest absolute Gasteiger partial charge is 0.353 e. The Balaban J connectivity index is 1.72. The molecule has 0 aromatic carbocycles. The SMILES string of the molecule is CNC1CCCc2cn(CCc3ccnn3C)cc21. The molecule has 0 saturated heterocycles. The van der Waals surface area contributed by atoms with E-state index in [0.29, 0.717) is 6.04 Å². The van der Waals surface area contributed by atoms with E-state index in [9.17, 15) is 0 Å². The fourth-order valence-electron chi connectivity index (χ4n) is 3.07. The molecule has 0 amide bonds. The molecule has 0 fully saturated rings. The molecule has 1 aliphatic rings. The van der Waals surface area contributed by atoms with Gasteiger partial charge in [-0.2, -0.15) is 5.10 Å². The van der Waals surface area contributed by atoms with Gasteiger partial charge in [0.05, 0.1) is 0 Å². The van der Waals surface area contributed by atoms with Crippen LogP contribution in [0.2, 0.25) is 0 Å². The maximum absolute atomic E-state index is 4.22. The summed E-state index contributed by atoms with van der Waals surface area (Å²) in [4.78, 5) is 0. The van der Waals surface area contributed by atoms with Gasteiger partial charge in [0.2, 0.25) is 0 Å². The number of aryl methyl sites for hydroxylation is 4. The minimum Gasteiger partial charge on any atom is -0.353 e. The van der Waals surface area contributed by atoms with Gasteiger partial charge in [0, 0.05) is 50.3 Å². The number of aromatic nitrogens is 3. The lowest BCUT2D eigenvalue weighted by Crippen LogP contribution is -2.20. The first-order chi connectivity index (χ1) is 9.28. The van der Waals surface area contributed by atoms with Crippen LogP contribution in [0.15, 0.2) is 24.7 Å². The van der Waals surface area contributed by atoms with Crippen LogP contribution in [-0.4, -0.2) is 21.4 Å². The van der Waals surface area contributed by atoms with E-state index in [4.69, 9.17) is 0 Å². The summed E-state index contributed by atoms with van der Waals surface area (Å²) in [5.74, 6) is 0. The van der Waals surface area contributed by atoms with E-state index in [-0.39, 0.29) is 0 Å². The minimum atomic E-state index is 0.543. The lowest BCUT2D eigenvalue weighted by Gasteiger charge is -2.21. The van der Waals surface area contributed by atoms with E-state index in [1.807, 2.05) is 17.9 Å². The van der Waals surface area contributed by atoms with Crippen LogP contribution < -0.4 is 5.32 Å². The molecule has 0 saturated carbocycles. The molecule has 1 aliphatic carbocycles. The standard InChI is InChI=1S/C15H22N4/c1-16-15-5-3-4-12-10-19(11-14(12)15)9-7-13-6-8-17-18(13)2/h6,8,10-11,15-16H,3-5,7,9H2,1-2H3. The van der Waals surface area contributed by atoms with Gasteiger partial charge in [-0.05, 0) is 43.5 Å². The number of rotatable bonds is 4. The van der Waals surface area contributed by atoms with Crippen molar-refractivity contribution < 1.29 is 0 Å². The van der Waals surface area contributed by atoms with Crippen molar-refractivity contribution >= 4 is 0 Å². The second-order valence-corrected chi connectivity index (χ2v) is 5.41. The molecule has 0 radical (unpaired) electrons. The molecule has 4 heteroatoms. The number of hydrogen-bond acceptors (Lipinski definition) is 2. The Bertz CT molecular complexity index is 552. The van der Waals surface area contributed by atoms with Crippen LogP contribution in [0, 0.1) is 0 Å². The molecule has 0 aliphatic heterocycles. The summed E-state index contributed by atoms with van der Waals surface area (Å²) in [6, 6.07) is 2.64. The molecule has 3 rings (SSSR count). The monoisotopic (exact) mass is 258 g/mol. The molecular weight excluding hydrogens is 236 g/mol. The number of nitrogens with one attached hydrogen (secondary N) is 1. The van der Waals surface area contributed by atoms with Crippen molar-refractivity contribution in [3.63, 3.8) is 0 Å². The van der Waals surface area contributed by atoms with Gasteiger partial charge >= 0.3 is 0 Å². The summed E-state index contributed by atoms with van der Waals surface area (Å²) >= 11 is 0. The van der Waals surface area contributed by atoms with Crippen LogP contribution in [0.4, 0.5) is 0 Å². The zero-order valence-electron chi connectivity index (χ0n) is 11.8. The number of fused-ring (bicyclic) bond motifs is 1. The Kier molecular flexibility index (Phi) is 3.42. The van der Waals surface area contributed by atoms with E-state index >= 15 is 0 Å². The summed E-state index contributed by atoms with van der Waals surface area (Å²) in [7, 11) is 4.07. The molecule has 4 nitrogen and oxygen atoms in total. The van der Waals surface area contributed by atoms with Crippen LogP contribution >= 0.6 is 0 Å². The molecule has 2 heterocycles. The first kappa shape index (κ1) is 12.5. The van der Waals surface area contributed by atoms with E-state index in [1.165, 1.54) is 36.1 Å². The fourth-order valence-corrected chi connectivity index (χ4v) is 3.07. The highest BCUT2D eigenvalue weighted by atomic mass is 15.3. The first-order valence-electron chi connectivity index (χ1n) is 7.10. The van der Waals surface area contributed by atoms with Crippen LogP contribution in [0.25, 0.3) is 0 Å². The van der Waals surface area contributed by atoms with Gasteiger partial charge in [0.15, 0.2) is 0 Å². The highest BCUT2D eigenvalue weighted by Gasteiger charge is 2.20. The Labute approximate surface area is 114 Å². The van der Waals surface area contributed by atoms with E-state index < -0.39 is 0 Å². The maximum atomic E-state index is 4.22. The normalized spacial score (nSPS) is 18.5. The highest BCUT2D eigenvalue weighted by Crippen LogP contribution is 2.30. The molecule has 0 spiro atoms. The van der Waals surface area contributed by atoms with E-state index in [1.54, 1.807) is 0 Å². The van der Waals surface area contributed by atoms with Gasteiger partial charge < -0.3 is 9.88 Å². The third-order valence-corrected chi connectivity index (χ3v) is 4.21. The quantitative estimate of drug-likeness (QED) is 0.911. The van der Waals surface area contributed by atoms with Crippen LogP contribution in [0.1, 0.15) is 35.7 Å². The van der Waals surface area contributed by atoms with E-state index in [0.717, 1.165) is 13.0 Å². The Hall–Kier alpha value is -1.55. The molecule has 2 aromatic heterocycles. The van der Waals surface area contributed by atoms with Gasteiger partial charge in [0.1, 0.15) is 0 Å². The van der Waals surface area contributed by atoms with Crippen molar-refractivity contribution in [3.05, 3.63) is 41.5 Å². The molecule has 102 valence electrons. The summed E-state index contributed by atoms with van der Waals surface area (Å²) in [5.41, 5.74) is 4.31. The van der Waals surface area contributed by atoms with Crippen molar-refractivity contribution in [2.45, 2.75) is 38.3 Å². The van der Waals surface area contributed by atoms with Crippen LogP contribution in [0.5, 0.6) is 0 Å². The molecule has 0 bridgehead atoms. The summed E-state index contributed by atoms with van der Waals surface area (Å²) in [5, 5.41) is 7.64. The molecule has 19 heavy (non-hydrogen) atoms. The summed E-state index contributed by atoms with van der Waals surface area (Å²) < 4.78 is 4.30. The topological polar surface area (TPSA) is 34.8 Å². The number of hydrogen-bond donors (Lipinski definition) is 1. The molecule has 1 atom stereocenters. The summed E-state index contributed by atoms with van der Waals surface area (Å²) in [6.45, 7) is 1.03. The van der Waals surface area contributed by atoms with E-state index in [2.05, 4.69) is 40.5 Å². The maximum Gasteiger partial charge on any atom is 0.0492 e. The van der Waals surface area contributed by atoms with Gasteiger partial charge in [-0.1, -0.05) is 0 Å². The molecular formula is C15H22N4. The van der Waals surface area contributed by atoms with Gasteiger partial charge in [-0.25, -0.2) is 0 Å². The highest BCUT2D eigenvalue weighted by molar-refractivity contribution is 5.30. The van der Waals surface area contributed by atoms with Crippen molar-refractivity contribution in [2.75, 3.05) is 7.05 Å². The van der Waals surface area contributed by atoms with Gasteiger partial charge in [-0.3, -0.25) is 4.68 Å². The lowest BCUT2D eigenvalue weighted by molar-refractivity contribution is 0.498. The van der Waals surface area contributed by atoms with Crippen molar-refractivity contribution in [1.29, 1.82) is 0 Å². The predicted octanol–water partition coefficient (Wildman–Crippen LogP) is 2.06. The third kappa shape index (κ3) is 2.45. The predicted molar refractivity (Wildman–Crippen MR) is 76.1 cm³/mol. The summed E-state index contributed by atoms with van der Waals surface area (Å²) in [6.07, 6.45) is 11.3. The third-order valence-electron chi connectivity index (χ3n) is 4.21. The average Bonchev–Trinajstić information content (AvgIpc) is 3.01. The second kappa shape index (κ2) is 5.21. The lowest BCUT2D eigenvalue weighted by atomic mass is 9.91. The molecule has 1 unspecified atom stereocenters. The Morgan fingerprint density at radius 3 is 3.05 bits per heavy atom. The van der Waals surface area contributed by atoms with Crippen LogP contribution in [-0.2, 0) is 26.4 Å². The van der Waals surface area contributed by atoms with Crippen molar-refractivity contribution in [1.82, 2.24) is 19.7 Å². The second-order valence-electron chi connectivity index (χ2n) is 5.41. The smallest absolute Gasteiger partial charge is 0.0492 e. The fraction of sp³-hybridized carbons (Fsp3) is 0.533. The Morgan fingerprint density at radius 2 is 2.32 bits per heavy atom. The zero-order chi connectivity index (χ0) is 13.2. The van der Waals surface area contributed by atoms with Crippen molar-refractivity contribution in [3.8, 4) is 0 Å². The Morgan fingerprint density at radius 1 is 1.42 bits per heavy atom. The van der Waals surface area contributed by atoms with Crippen LogP contribution in [0.3, 0.4) is 0 Å². The van der Waals surface area contributed by atoms with Crippen molar-refractivity contribution in [2.24, 2.45) is 7.05 Å². The zero-order valence-corrected chi connectivity index (χ0v) is 11.8. The average molecular weight is 258 g/mol. The minimum absolute atomic E-state index is 0.543. The first-order valence-corrected chi connectivity index (χ1v) is 7.10. The van der Waals surface area contributed by atoms with Gasteiger partial charge in [0.25, 0.3) is 0 Å².